The zero-order valence-electron chi connectivity index (χ0n) is 21.3. The Morgan fingerprint density at radius 1 is 0.350 bits per heavy atom. The second-order valence-electron chi connectivity index (χ2n) is 8.71. The van der Waals surface area contributed by atoms with Crippen molar-refractivity contribution in [2.75, 3.05) is 0 Å². The van der Waals surface area contributed by atoms with Crippen LogP contribution in [0.4, 0.5) is 0 Å². The van der Waals surface area contributed by atoms with Gasteiger partial charge in [-0.1, -0.05) is 0 Å². The molecule has 4 heteroatoms. The molecule has 40 heavy (non-hydrogen) atoms. The van der Waals surface area contributed by atoms with Gasteiger partial charge in [0, 0.05) is 0 Å². The summed E-state index contributed by atoms with van der Waals surface area (Å²) in [5.74, 6) is 6.36. The van der Waals surface area contributed by atoms with Crippen LogP contribution in [0.2, 0.25) is 0 Å². The van der Waals surface area contributed by atoms with E-state index in [0.29, 0.717) is 0 Å². The zero-order valence-corrected chi connectivity index (χ0v) is 28.2. The van der Waals surface area contributed by atoms with E-state index in [1.807, 2.05) is 0 Å². The zero-order chi connectivity index (χ0) is 27.0. The van der Waals surface area contributed by atoms with E-state index < -0.39 is 0 Å². The van der Waals surface area contributed by atoms with Crippen molar-refractivity contribution in [1.82, 2.24) is 0 Å². The minimum atomic E-state index is 0.0505. The van der Waals surface area contributed by atoms with E-state index in [1.54, 1.807) is 0 Å². The third-order valence-electron chi connectivity index (χ3n) is 6.09. The number of hydrogen-bond acceptors (Lipinski definition) is 0. The fourth-order valence-electron chi connectivity index (χ4n) is 4.33. The average Bonchev–Trinajstić information content (AvgIpc) is 3.00. The van der Waals surface area contributed by atoms with Crippen LogP contribution in [-0.2, 0) is 0 Å². The van der Waals surface area contributed by atoms with Crippen LogP contribution >= 0.6 is 0 Å². The predicted octanol–water partition coefficient (Wildman–Crippen LogP) is 2.58. The minimum absolute atomic E-state index is 0.0505. The molecule has 0 heterocycles. The molecular formula is C36H22Se4. The topological polar surface area (TPSA) is 0 Å². The van der Waals surface area contributed by atoms with Crippen LogP contribution in [-0.4, -0.2) is 59.8 Å². The first-order chi connectivity index (χ1) is 19.8. The first-order valence-electron chi connectivity index (χ1n) is 12.7. The Hall–Kier alpha value is -2.96. The van der Waals surface area contributed by atoms with Gasteiger partial charge in [-0.25, -0.2) is 0 Å². The van der Waals surface area contributed by atoms with E-state index in [-0.39, 0.29) is 59.8 Å². The fourth-order valence-corrected chi connectivity index (χ4v) is 12.2. The Morgan fingerprint density at radius 2 is 0.725 bits per heavy atom. The third kappa shape index (κ3) is 6.67. The van der Waals surface area contributed by atoms with Crippen molar-refractivity contribution in [2.45, 2.75) is 0 Å². The summed E-state index contributed by atoms with van der Waals surface area (Å²) in [4.78, 5) is 6.82. The quantitative estimate of drug-likeness (QED) is 0.181. The maximum absolute atomic E-state index is 3.41. The summed E-state index contributed by atoms with van der Waals surface area (Å²) in [6, 6.07) is 48.2. The van der Waals surface area contributed by atoms with Gasteiger partial charge in [-0.2, -0.15) is 0 Å². The second-order valence-corrected chi connectivity index (χ2v) is 16.9. The van der Waals surface area contributed by atoms with Crippen molar-refractivity contribution < 1.29 is 0 Å². The third-order valence-corrected chi connectivity index (χ3v) is 13.8. The normalized spacial score (nSPS) is 10.5. The molecule has 0 aliphatic rings. The second kappa shape index (κ2) is 13.6. The summed E-state index contributed by atoms with van der Waals surface area (Å²) in [6.45, 7) is 0. The summed E-state index contributed by atoms with van der Waals surface area (Å²) in [7, 11) is 0. The Labute approximate surface area is 261 Å². The van der Waals surface area contributed by atoms with Crippen molar-refractivity contribution in [3.63, 3.8) is 0 Å². The van der Waals surface area contributed by atoms with E-state index >= 15 is 0 Å². The Morgan fingerprint density at radius 3 is 1.12 bits per heavy atom. The maximum atomic E-state index is 3.41. The molecule has 0 amide bonds. The predicted molar refractivity (Wildman–Crippen MR) is 177 cm³/mol. The molecule has 0 spiro atoms. The van der Waals surface area contributed by atoms with Crippen molar-refractivity contribution in [3.05, 3.63) is 133 Å². The summed E-state index contributed by atoms with van der Waals surface area (Å²) in [5.41, 5.74) is 0. The molecule has 6 aromatic rings. The van der Waals surface area contributed by atoms with Crippen LogP contribution in [0.5, 0.6) is 0 Å². The molecule has 0 aromatic heterocycles. The van der Waals surface area contributed by atoms with Gasteiger partial charge in [0.25, 0.3) is 0 Å². The van der Waals surface area contributed by atoms with Gasteiger partial charge in [0.2, 0.25) is 0 Å². The molecule has 0 saturated heterocycles. The molecule has 190 valence electrons. The van der Waals surface area contributed by atoms with Crippen molar-refractivity contribution >= 4 is 108 Å². The number of rotatable bonds is 6. The van der Waals surface area contributed by atoms with Crippen molar-refractivity contribution in [3.8, 4) is 21.5 Å². The first-order valence-corrected chi connectivity index (χ1v) is 19.5. The van der Waals surface area contributed by atoms with Gasteiger partial charge in [0.05, 0.1) is 0 Å². The Balaban J connectivity index is 1.21. The molecular weight excluding hydrogens is 748 g/mol. The molecule has 0 nitrogen and oxygen atoms in total. The number of fused-ring (bicyclic) bond motifs is 2. The monoisotopic (exact) mass is 774 g/mol. The van der Waals surface area contributed by atoms with Crippen LogP contribution in [0.15, 0.2) is 133 Å². The fraction of sp³-hybridized carbons (Fsp3) is 0. The number of benzene rings is 6. The summed E-state index contributed by atoms with van der Waals surface area (Å²) in [5, 5.41) is 5.36. The van der Waals surface area contributed by atoms with Gasteiger partial charge < -0.3 is 0 Å². The molecule has 0 unspecified atom stereocenters. The molecule has 0 atom stereocenters. The van der Waals surface area contributed by atoms with Gasteiger partial charge in [-0.15, -0.1) is 0 Å². The van der Waals surface area contributed by atoms with Gasteiger partial charge in [-0.05, 0) is 0 Å². The molecule has 0 fully saturated rings. The van der Waals surface area contributed by atoms with Crippen molar-refractivity contribution in [2.24, 2.45) is 0 Å². The van der Waals surface area contributed by atoms with Gasteiger partial charge in [-0.3, -0.25) is 0 Å². The molecule has 0 aliphatic carbocycles. The summed E-state index contributed by atoms with van der Waals surface area (Å²) in [6.07, 6.45) is 0. The van der Waals surface area contributed by atoms with Crippen LogP contribution in [0, 0.1) is 21.5 Å². The number of hydrogen-bond donors (Lipinski definition) is 0. The Kier molecular flexibility index (Phi) is 9.25. The van der Waals surface area contributed by atoms with Gasteiger partial charge >= 0.3 is 263 Å². The van der Waals surface area contributed by atoms with Crippen LogP contribution in [0.1, 0.15) is 0 Å². The Bertz CT molecular complexity index is 1750. The molecule has 0 N–H and O–H groups in total. The van der Waals surface area contributed by atoms with Crippen LogP contribution in [0.3, 0.4) is 0 Å². The summed E-state index contributed by atoms with van der Waals surface area (Å²) >= 11 is 0.632. The molecule has 6 rings (SSSR count). The molecule has 0 aliphatic heterocycles. The molecule has 6 aromatic carbocycles. The average molecular weight is 770 g/mol. The van der Waals surface area contributed by atoms with Crippen molar-refractivity contribution in [1.29, 1.82) is 0 Å². The molecule has 0 saturated carbocycles. The van der Waals surface area contributed by atoms with E-state index in [9.17, 15) is 0 Å². The SMILES string of the molecule is C(C#C[Se]c1cccc2cccc([Se]c3ccccc3)c12)#C[Se]c1cccc2cccc([Se]c3ccccc3)c12. The van der Waals surface area contributed by atoms with E-state index in [0.717, 1.165) is 0 Å². The molecule has 0 bridgehead atoms. The standard InChI is InChI=1S/C36H22Se4/c1-3-17-29(18-4-1)39-33-23-11-15-27-13-9-21-31(35(27)33)37-25-7-8-26-38-32-22-10-14-28-16-12-24-34(36(28)32)40-30-19-5-2-6-20-30/h1-6,9-24H. The summed E-state index contributed by atoms with van der Waals surface area (Å²) < 4.78 is 8.33. The van der Waals surface area contributed by atoms with Crippen LogP contribution in [0.25, 0.3) is 21.5 Å². The van der Waals surface area contributed by atoms with E-state index in [4.69, 9.17) is 0 Å². The van der Waals surface area contributed by atoms with Gasteiger partial charge in [0.1, 0.15) is 0 Å². The van der Waals surface area contributed by atoms with Crippen LogP contribution < -0.4 is 26.8 Å². The first kappa shape index (κ1) is 27.2. The van der Waals surface area contributed by atoms with Gasteiger partial charge in [0.15, 0.2) is 0 Å². The van der Waals surface area contributed by atoms with E-state index in [1.165, 1.54) is 48.3 Å². The van der Waals surface area contributed by atoms with E-state index in [2.05, 4.69) is 155 Å². The molecule has 0 radical (unpaired) electrons.